The summed E-state index contributed by atoms with van der Waals surface area (Å²) in [5.74, 6) is 0.997. The molecule has 0 amide bonds. The Morgan fingerprint density at radius 3 is 2.81 bits per heavy atom. The van der Waals surface area contributed by atoms with Crippen molar-refractivity contribution in [3.8, 4) is 0 Å². The lowest BCUT2D eigenvalue weighted by atomic mass is 10.0. The summed E-state index contributed by atoms with van der Waals surface area (Å²) in [5, 5.41) is 0. The van der Waals surface area contributed by atoms with Crippen LogP contribution in [0.3, 0.4) is 0 Å². The fourth-order valence-electron chi connectivity index (χ4n) is 1.65. The van der Waals surface area contributed by atoms with Gasteiger partial charge in [-0.15, -0.1) is 0 Å². The van der Waals surface area contributed by atoms with E-state index in [1.54, 1.807) is 0 Å². The normalized spacial score (nSPS) is 15.8. The van der Waals surface area contributed by atoms with Crippen LogP contribution in [0.2, 0.25) is 0 Å². The van der Waals surface area contributed by atoms with Gasteiger partial charge in [0, 0.05) is 13.1 Å². The van der Waals surface area contributed by atoms with Crippen LogP contribution in [0.5, 0.6) is 0 Å². The topological polar surface area (TPSA) is 55.3 Å². The van der Waals surface area contributed by atoms with Crippen LogP contribution in [0.1, 0.15) is 17.4 Å². The Hall–Kier alpha value is -1.17. The molecule has 0 aromatic carbocycles. The largest absolute Gasteiger partial charge is 0.464 e. The number of nitrogens with zero attached hydrogens (tertiary/aromatic N) is 3. The monoisotopic (exact) mass is 285 g/mol. The van der Waals surface area contributed by atoms with Crippen molar-refractivity contribution in [3.05, 3.63) is 16.5 Å². The zero-order chi connectivity index (χ0) is 11.7. The molecule has 1 aromatic rings. The SMILES string of the molecule is COC(=O)c1cnc(N2CC(C)C2)c(Br)n1. The van der Waals surface area contributed by atoms with Crippen LogP contribution in [0.4, 0.5) is 5.82 Å². The first-order valence-electron chi connectivity index (χ1n) is 4.97. The van der Waals surface area contributed by atoms with Gasteiger partial charge in [-0.1, -0.05) is 6.92 Å². The highest BCUT2D eigenvalue weighted by molar-refractivity contribution is 9.10. The van der Waals surface area contributed by atoms with E-state index in [0.717, 1.165) is 18.9 Å². The zero-order valence-corrected chi connectivity index (χ0v) is 10.7. The van der Waals surface area contributed by atoms with Crippen LogP contribution in [0, 0.1) is 5.92 Å². The van der Waals surface area contributed by atoms with E-state index in [2.05, 4.69) is 42.5 Å². The van der Waals surface area contributed by atoms with E-state index in [1.807, 2.05) is 0 Å². The van der Waals surface area contributed by atoms with E-state index < -0.39 is 5.97 Å². The highest BCUT2D eigenvalue weighted by atomic mass is 79.9. The number of methoxy groups -OCH3 is 1. The van der Waals surface area contributed by atoms with Crippen LogP contribution in [0.15, 0.2) is 10.8 Å². The number of carbonyl (C=O) groups is 1. The molecular weight excluding hydrogens is 274 g/mol. The fraction of sp³-hybridized carbons (Fsp3) is 0.500. The molecule has 0 spiro atoms. The minimum atomic E-state index is -0.475. The van der Waals surface area contributed by atoms with Gasteiger partial charge >= 0.3 is 5.97 Å². The minimum absolute atomic E-state index is 0.215. The number of hydrogen-bond donors (Lipinski definition) is 0. The number of esters is 1. The first-order valence-corrected chi connectivity index (χ1v) is 5.77. The Labute approximate surface area is 102 Å². The Kier molecular flexibility index (Phi) is 3.09. The predicted molar refractivity (Wildman–Crippen MR) is 62.4 cm³/mol. The average Bonchev–Trinajstić information content (AvgIpc) is 2.24. The highest BCUT2D eigenvalue weighted by Gasteiger charge is 2.26. The molecule has 0 saturated carbocycles. The van der Waals surface area contributed by atoms with E-state index in [-0.39, 0.29) is 5.69 Å². The molecule has 2 rings (SSSR count). The molecule has 1 fully saturated rings. The Balaban J connectivity index is 2.20. The van der Waals surface area contributed by atoms with E-state index in [9.17, 15) is 4.79 Å². The van der Waals surface area contributed by atoms with Crippen molar-refractivity contribution < 1.29 is 9.53 Å². The summed E-state index contributed by atoms with van der Waals surface area (Å²) in [6.45, 7) is 4.14. The minimum Gasteiger partial charge on any atom is -0.464 e. The second-order valence-electron chi connectivity index (χ2n) is 3.87. The van der Waals surface area contributed by atoms with Gasteiger partial charge in [0.2, 0.25) is 0 Å². The molecule has 0 atom stereocenters. The molecule has 0 N–H and O–H groups in total. The van der Waals surface area contributed by atoms with Crippen LogP contribution in [-0.2, 0) is 4.74 Å². The maximum atomic E-state index is 11.2. The number of aromatic nitrogens is 2. The van der Waals surface area contributed by atoms with E-state index in [4.69, 9.17) is 0 Å². The maximum Gasteiger partial charge on any atom is 0.358 e. The number of ether oxygens (including phenoxy) is 1. The summed E-state index contributed by atoms with van der Waals surface area (Å²) in [4.78, 5) is 21.7. The maximum absolute atomic E-state index is 11.2. The van der Waals surface area contributed by atoms with Gasteiger partial charge in [-0.2, -0.15) is 0 Å². The van der Waals surface area contributed by atoms with Crippen molar-refractivity contribution >= 4 is 27.7 Å². The van der Waals surface area contributed by atoms with Crippen LogP contribution in [-0.4, -0.2) is 36.1 Å². The van der Waals surface area contributed by atoms with E-state index in [0.29, 0.717) is 10.5 Å². The summed E-state index contributed by atoms with van der Waals surface area (Å²) in [6.07, 6.45) is 1.44. The lowest BCUT2D eigenvalue weighted by molar-refractivity contribution is 0.0593. The molecule has 6 heteroatoms. The lowest BCUT2D eigenvalue weighted by Gasteiger charge is -2.38. The predicted octanol–water partition coefficient (Wildman–Crippen LogP) is 1.48. The fourth-order valence-corrected chi connectivity index (χ4v) is 2.19. The van der Waals surface area contributed by atoms with Crippen LogP contribution >= 0.6 is 15.9 Å². The smallest absolute Gasteiger partial charge is 0.358 e. The number of hydrogen-bond acceptors (Lipinski definition) is 5. The molecule has 86 valence electrons. The first kappa shape index (κ1) is 11.3. The Morgan fingerprint density at radius 1 is 1.62 bits per heavy atom. The molecule has 2 heterocycles. The summed E-state index contributed by atoms with van der Waals surface area (Å²) < 4.78 is 5.16. The van der Waals surface area contributed by atoms with Crippen molar-refractivity contribution in [1.29, 1.82) is 0 Å². The number of rotatable bonds is 2. The van der Waals surface area contributed by atoms with E-state index in [1.165, 1.54) is 13.3 Å². The average molecular weight is 286 g/mol. The second kappa shape index (κ2) is 4.37. The van der Waals surface area contributed by atoms with Gasteiger partial charge in [0.15, 0.2) is 11.5 Å². The molecule has 1 aromatic heterocycles. The third kappa shape index (κ3) is 2.02. The molecule has 1 saturated heterocycles. The molecule has 0 radical (unpaired) electrons. The molecule has 16 heavy (non-hydrogen) atoms. The van der Waals surface area contributed by atoms with Crippen molar-refractivity contribution in [3.63, 3.8) is 0 Å². The number of anilines is 1. The summed E-state index contributed by atoms with van der Waals surface area (Å²) in [6, 6.07) is 0. The number of halogens is 1. The van der Waals surface area contributed by atoms with Gasteiger partial charge < -0.3 is 9.64 Å². The van der Waals surface area contributed by atoms with Crippen molar-refractivity contribution in [2.75, 3.05) is 25.1 Å². The van der Waals surface area contributed by atoms with Crippen molar-refractivity contribution in [2.24, 2.45) is 5.92 Å². The molecule has 1 aliphatic heterocycles. The zero-order valence-electron chi connectivity index (χ0n) is 9.11. The van der Waals surface area contributed by atoms with Gasteiger partial charge in [-0.05, 0) is 21.8 Å². The Bertz CT molecular complexity index is 419. The second-order valence-corrected chi connectivity index (χ2v) is 4.62. The summed E-state index contributed by atoms with van der Waals surface area (Å²) in [7, 11) is 1.32. The van der Waals surface area contributed by atoms with Gasteiger partial charge in [0.05, 0.1) is 13.3 Å². The van der Waals surface area contributed by atoms with Gasteiger partial charge in [0.25, 0.3) is 0 Å². The van der Waals surface area contributed by atoms with Gasteiger partial charge in [-0.3, -0.25) is 0 Å². The highest BCUT2D eigenvalue weighted by Crippen LogP contribution is 2.28. The van der Waals surface area contributed by atoms with Crippen molar-refractivity contribution in [2.45, 2.75) is 6.92 Å². The van der Waals surface area contributed by atoms with Crippen LogP contribution < -0.4 is 4.90 Å². The molecule has 0 unspecified atom stereocenters. The summed E-state index contributed by atoms with van der Waals surface area (Å²) >= 11 is 3.32. The molecule has 5 nitrogen and oxygen atoms in total. The van der Waals surface area contributed by atoms with Crippen LogP contribution in [0.25, 0.3) is 0 Å². The standard InChI is InChI=1S/C10H12BrN3O2/c1-6-4-14(5-6)9-8(11)13-7(3-12-9)10(15)16-2/h3,6H,4-5H2,1-2H3. The molecular formula is C10H12BrN3O2. The molecule has 0 aliphatic carbocycles. The lowest BCUT2D eigenvalue weighted by Crippen LogP contribution is -2.45. The third-order valence-corrected chi connectivity index (χ3v) is 3.00. The number of carbonyl (C=O) groups excluding carboxylic acids is 1. The van der Waals surface area contributed by atoms with E-state index >= 15 is 0 Å². The van der Waals surface area contributed by atoms with Crippen molar-refractivity contribution in [1.82, 2.24) is 9.97 Å². The molecule has 1 aliphatic rings. The quantitative estimate of drug-likeness (QED) is 0.771. The third-order valence-electron chi connectivity index (χ3n) is 2.47. The molecule has 0 bridgehead atoms. The summed E-state index contributed by atoms with van der Waals surface area (Å²) in [5.41, 5.74) is 0.215. The van der Waals surface area contributed by atoms with Gasteiger partial charge in [-0.25, -0.2) is 14.8 Å². The Morgan fingerprint density at radius 2 is 2.31 bits per heavy atom. The van der Waals surface area contributed by atoms with Gasteiger partial charge in [0.1, 0.15) is 4.60 Å². The first-order chi connectivity index (χ1) is 7.61.